The molecule has 82 valence electrons. The minimum Gasteiger partial charge on any atom is -0.301 e. The van der Waals surface area contributed by atoms with Gasteiger partial charge in [0.1, 0.15) is 5.69 Å². The molecule has 5 heteroatoms. The van der Waals surface area contributed by atoms with Crippen LogP contribution in [0, 0.1) is 0 Å². The zero-order chi connectivity index (χ0) is 10.7. The van der Waals surface area contributed by atoms with Gasteiger partial charge in [0.15, 0.2) is 6.29 Å². The minimum absolute atomic E-state index is 0.387. The van der Waals surface area contributed by atoms with Crippen LogP contribution in [0.2, 0.25) is 0 Å². The Labute approximate surface area is 89.1 Å². The molecule has 15 heavy (non-hydrogen) atoms. The molecule has 1 aliphatic rings. The van der Waals surface area contributed by atoms with Crippen LogP contribution in [0.5, 0.6) is 0 Å². The summed E-state index contributed by atoms with van der Waals surface area (Å²) in [5, 5.41) is 7.75. The van der Waals surface area contributed by atoms with Crippen LogP contribution in [0.4, 0.5) is 0 Å². The highest BCUT2D eigenvalue weighted by Crippen LogP contribution is 2.20. The van der Waals surface area contributed by atoms with Gasteiger partial charge in [-0.25, -0.2) is 4.68 Å². The molecule has 1 aromatic rings. The van der Waals surface area contributed by atoms with Gasteiger partial charge in [-0.3, -0.25) is 4.79 Å². The lowest BCUT2D eigenvalue weighted by molar-refractivity contribution is 0.111. The molecular formula is C10H16N4O. The summed E-state index contributed by atoms with van der Waals surface area (Å²) in [6, 6.07) is 0.387. The molecule has 0 unspecified atom stereocenters. The van der Waals surface area contributed by atoms with Gasteiger partial charge in [0, 0.05) is 13.1 Å². The Morgan fingerprint density at radius 3 is 3.20 bits per heavy atom. The van der Waals surface area contributed by atoms with E-state index in [2.05, 4.69) is 22.1 Å². The van der Waals surface area contributed by atoms with E-state index in [4.69, 9.17) is 0 Å². The summed E-state index contributed by atoms with van der Waals surface area (Å²) < 4.78 is 1.82. The van der Waals surface area contributed by atoms with Crippen molar-refractivity contribution in [1.82, 2.24) is 19.9 Å². The van der Waals surface area contributed by atoms with E-state index in [1.807, 2.05) is 4.68 Å². The fourth-order valence-electron chi connectivity index (χ4n) is 2.07. The average Bonchev–Trinajstić information content (AvgIpc) is 2.85. The van der Waals surface area contributed by atoms with E-state index in [1.165, 1.54) is 6.42 Å². The second-order valence-corrected chi connectivity index (χ2v) is 3.98. The molecular weight excluding hydrogens is 192 g/mol. The van der Waals surface area contributed by atoms with Gasteiger partial charge < -0.3 is 4.90 Å². The highest BCUT2D eigenvalue weighted by molar-refractivity contribution is 5.70. The second kappa shape index (κ2) is 4.53. The summed E-state index contributed by atoms with van der Waals surface area (Å²) in [7, 11) is 0. The lowest BCUT2D eigenvalue weighted by Crippen LogP contribution is -2.22. The summed E-state index contributed by atoms with van der Waals surface area (Å²) in [6.07, 6.45) is 4.75. The first-order valence-electron chi connectivity index (χ1n) is 5.43. The Morgan fingerprint density at radius 1 is 1.67 bits per heavy atom. The Balaban J connectivity index is 1.98. The molecule has 0 saturated carbocycles. The number of rotatable bonds is 4. The lowest BCUT2D eigenvalue weighted by atomic mass is 10.3. The molecule has 0 N–H and O–H groups in total. The van der Waals surface area contributed by atoms with Crippen molar-refractivity contribution in [2.45, 2.75) is 25.8 Å². The van der Waals surface area contributed by atoms with Gasteiger partial charge in [-0.1, -0.05) is 12.1 Å². The normalized spacial score (nSPS) is 22.1. The van der Waals surface area contributed by atoms with Gasteiger partial charge in [-0.05, 0) is 19.4 Å². The molecule has 1 fully saturated rings. The van der Waals surface area contributed by atoms with E-state index < -0.39 is 0 Å². The lowest BCUT2D eigenvalue weighted by Gasteiger charge is -2.14. The zero-order valence-corrected chi connectivity index (χ0v) is 8.96. The SMILES string of the molecule is CCCN1CC[C@@H](n2cc(C=O)nn2)C1. The van der Waals surface area contributed by atoms with Crippen molar-refractivity contribution < 1.29 is 4.79 Å². The quantitative estimate of drug-likeness (QED) is 0.685. The molecule has 0 spiro atoms. The standard InChI is InChI=1S/C10H16N4O/c1-2-4-13-5-3-10(7-13)14-6-9(8-15)11-12-14/h6,8,10H,2-5,7H2,1H3/t10-/m1/s1. The van der Waals surface area contributed by atoms with Gasteiger partial charge in [0.05, 0.1) is 12.2 Å². The van der Waals surface area contributed by atoms with Gasteiger partial charge in [-0.15, -0.1) is 5.10 Å². The van der Waals surface area contributed by atoms with Crippen LogP contribution in [0.1, 0.15) is 36.3 Å². The maximum Gasteiger partial charge on any atom is 0.171 e. The highest BCUT2D eigenvalue weighted by atomic mass is 16.1. The zero-order valence-electron chi connectivity index (χ0n) is 8.96. The first-order valence-corrected chi connectivity index (χ1v) is 5.43. The number of hydrogen-bond acceptors (Lipinski definition) is 4. The summed E-state index contributed by atoms with van der Waals surface area (Å²) >= 11 is 0. The van der Waals surface area contributed by atoms with Crippen LogP contribution >= 0.6 is 0 Å². The molecule has 1 aromatic heterocycles. The van der Waals surface area contributed by atoms with E-state index in [0.717, 1.165) is 32.3 Å². The summed E-state index contributed by atoms with van der Waals surface area (Å²) in [6.45, 7) is 5.48. The first-order chi connectivity index (χ1) is 7.33. The van der Waals surface area contributed by atoms with Crippen molar-refractivity contribution in [1.29, 1.82) is 0 Å². The number of hydrogen-bond donors (Lipinski definition) is 0. The molecule has 0 aromatic carbocycles. The van der Waals surface area contributed by atoms with Crippen molar-refractivity contribution in [3.05, 3.63) is 11.9 Å². The van der Waals surface area contributed by atoms with Crippen molar-refractivity contribution in [3.63, 3.8) is 0 Å². The van der Waals surface area contributed by atoms with Crippen molar-refractivity contribution in [3.8, 4) is 0 Å². The van der Waals surface area contributed by atoms with E-state index in [0.29, 0.717) is 11.7 Å². The van der Waals surface area contributed by atoms with Gasteiger partial charge in [-0.2, -0.15) is 0 Å². The average molecular weight is 208 g/mol. The Kier molecular flexibility index (Phi) is 3.11. The maximum atomic E-state index is 10.5. The topological polar surface area (TPSA) is 51.0 Å². The van der Waals surface area contributed by atoms with E-state index in [-0.39, 0.29) is 0 Å². The summed E-state index contributed by atoms with van der Waals surface area (Å²) in [4.78, 5) is 12.9. The molecule has 1 aliphatic heterocycles. The summed E-state index contributed by atoms with van der Waals surface area (Å²) in [5.41, 5.74) is 0.420. The highest BCUT2D eigenvalue weighted by Gasteiger charge is 2.23. The predicted molar refractivity (Wildman–Crippen MR) is 55.8 cm³/mol. The number of aromatic nitrogens is 3. The third-order valence-electron chi connectivity index (χ3n) is 2.81. The van der Waals surface area contributed by atoms with Gasteiger partial charge in [0.25, 0.3) is 0 Å². The molecule has 1 saturated heterocycles. The molecule has 0 amide bonds. The van der Waals surface area contributed by atoms with Gasteiger partial charge >= 0.3 is 0 Å². The van der Waals surface area contributed by atoms with Crippen molar-refractivity contribution in [2.24, 2.45) is 0 Å². The number of carbonyl (C=O) groups is 1. The van der Waals surface area contributed by atoms with Crippen LogP contribution in [0.25, 0.3) is 0 Å². The van der Waals surface area contributed by atoms with E-state index >= 15 is 0 Å². The van der Waals surface area contributed by atoms with E-state index in [1.54, 1.807) is 6.20 Å². The number of likely N-dealkylation sites (tertiary alicyclic amines) is 1. The van der Waals surface area contributed by atoms with Crippen LogP contribution in [-0.4, -0.2) is 45.8 Å². The predicted octanol–water partition coefficient (Wildman–Crippen LogP) is 0.747. The molecule has 0 bridgehead atoms. The summed E-state index contributed by atoms with van der Waals surface area (Å²) in [5.74, 6) is 0. The number of carbonyl (C=O) groups excluding carboxylic acids is 1. The third kappa shape index (κ3) is 2.23. The molecule has 0 aliphatic carbocycles. The fourth-order valence-corrected chi connectivity index (χ4v) is 2.07. The monoisotopic (exact) mass is 208 g/mol. The fraction of sp³-hybridized carbons (Fsp3) is 0.700. The number of aldehydes is 1. The third-order valence-corrected chi connectivity index (χ3v) is 2.81. The van der Waals surface area contributed by atoms with Crippen molar-refractivity contribution in [2.75, 3.05) is 19.6 Å². The maximum absolute atomic E-state index is 10.5. The van der Waals surface area contributed by atoms with E-state index in [9.17, 15) is 4.79 Å². The molecule has 2 heterocycles. The van der Waals surface area contributed by atoms with Crippen LogP contribution in [0.3, 0.4) is 0 Å². The first kappa shape index (κ1) is 10.3. The Hall–Kier alpha value is -1.23. The number of nitrogens with zero attached hydrogens (tertiary/aromatic N) is 4. The van der Waals surface area contributed by atoms with Gasteiger partial charge in [0.2, 0.25) is 0 Å². The van der Waals surface area contributed by atoms with Crippen LogP contribution in [0.15, 0.2) is 6.20 Å². The second-order valence-electron chi connectivity index (χ2n) is 3.98. The molecule has 2 rings (SSSR count). The Morgan fingerprint density at radius 2 is 2.53 bits per heavy atom. The smallest absolute Gasteiger partial charge is 0.171 e. The van der Waals surface area contributed by atoms with Crippen molar-refractivity contribution >= 4 is 6.29 Å². The van der Waals surface area contributed by atoms with Crippen LogP contribution < -0.4 is 0 Å². The Bertz CT molecular complexity index is 336. The largest absolute Gasteiger partial charge is 0.301 e. The van der Waals surface area contributed by atoms with Crippen LogP contribution in [-0.2, 0) is 0 Å². The minimum atomic E-state index is 0.387. The molecule has 0 radical (unpaired) electrons. The molecule has 1 atom stereocenters. The molecule has 5 nitrogen and oxygen atoms in total.